The lowest BCUT2D eigenvalue weighted by Crippen LogP contribution is -2.38. The third-order valence-corrected chi connectivity index (χ3v) is 5.09. The average Bonchev–Trinajstić information content (AvgIpc) is 3.20. The zero-order chi connectivity index (χ0) is 18.4. The van der Waals surface area contributed by atoms with Gasteiger partial charge in [-0.15, -0.1) is 0 Å². The van der Waals surface area contributed by atoms with Crippen LogP contribution in [0.2, 0.25) is 0 Å². The van der Waals surface area contributed by atoms with Crippen molar-refractivity contribution in [2.75, 3.05) is 6.54 Å². The summed E-state index contributed by atoms with van der Waals surface area (Å²) in [4.78, 5) is 25.6. The number of carbonyl (C=O) groups is 2. The lowest BCUT2D eigenvalue weighted by molar-refractivity contribution is -0.137. The molecule has 2 aromatic rings. The zero-order valence-corrected chi connectivity index (χ0v) is 14.5. The second kappa shape index (κ2) is 6.23. The summed E-state index contributed by atoms with van der Waals surface area (Å²) in [5.41, 5.74) is 3.06. The van der Waals surface area contributed by atoms with Crippen LogP contribution in [0.5, 0.6) is 0 Å². The molecule has 0 spiro atoms. The predicted molar refractivity (Wildman–Crippen MR) is 92.0 cm³/mol. The highest BCUT2D eigenvalue weighted by molar-refractivity contribution is 5.96. The minimum atomic E-state index is -1.04. The Balaban J connectivity index is 1.79. The van der Waals surface area contributed by atoms with Gasteiger partial charge in [-0.3, -0.25) is 9.59 Å². The first-order valence-corrected chi connectivity index (χ1v) is 8.86. The van der Waals surface area contributed by atoms with Crippen molar-refractivity contribution < 1.29 is 19.1 Å². The molecule has 0 saturated heterocycles. The highest BCUT2D eigenvalue weighted by Crippen LogP contribution is 2.33. The monoisotopic (exact) mass is 357 g/mol. The van der Waals surface area contributed by atoms with Crippen LogP contribution in [0.3, 0.4) is 0 Å². The summed E-state index contributed by atoms with van der Waals surface area (Å²) < 4.78 is 16.0. The first-order chi connectivity index (χ1) is 12.5. The average molecular weight is 357 g/mol. The van der Waals surface area contributed by atoms with Crippen molar-refractivity contribution in [2.45, 2.75) is 45.1 Å². The van der Waals surface area contributed by atoms with E-state index in [0.717, 1.165) is 42.5 Å². The number of halogens is 1. The van der Waals surface area contributed by atoms with Crippen LogP contribution < -0.4 is 0 Å². The maximum Gasteiger partial charge on any atom is 0.323 e. The molecular formula is C19H20FN3O3. The molecule has 1 heterocycles. The topological polar surface area (TPSA) is 75.4 Å². The second-order valence-corrected chi connectivity index (χ2v) is 7.00. The number of rotatable bonds is 5. The summed E-state index contributed by atoms with van der Waals surface area (Å²) in [6, 6.07) is 4.81. The number of hydrogen-bond donors (Lipinski definition) is 1. The molecule has 4 rings (SSSR count). The van der Waals surface area contributed by atoms with Crippen molar-refractivity contribution in [3.8, 4) is 5.69 Å². The van der Waals surface area contributed by atoms with E-state index in [-0.39, 0.29) is 30.0 Å². The van der Waals surface area contributed by atoms with E-state index in [0.29, 0.717) is 12.1 Å². The Morgan fingerprint density at radius 2 is 2.12 bits per heavy atom. The van der Waals surface area contributed by atoms with Gasteiger partial charge in [0, 0.05) is 17.3 Å². The van der Waals surface area contributed by atoms with Gasteiger partial charge in [0.2, 0.25) is 0 Å². The van der Waals surface area contributed by atoms with Gasteiger partial charge in [0.25, 0.3) is 5.91 Å². The summed E-state index contributed by atoms with van der Waals surface area (Å²) in [6.45, 7) is 1.48. The number of carboxylic acids is 1. The summed E-state index contributed by atoms with van der Waals surface area (Å²) in [7, 11) is 0. The number of aliphatic carboxylic acids is 1. The molecule has 26 heavy (non-hydrogen) atoms. The lowest BCUT2D eigenvalue weighted by Gasteiger charge is -2.19. The largest absolute Gasteiger partial charge is 0.480 e. The van der Waals surface area contributed by atoms with Crippen LogP contribution in [0.15, 0.2) is 18.2 Å². The van der Waals surface area contributed by atoms with Crippen LogP contribution in [0.4, 0.5) is 4.39 Å². The van der Waals surface area contributed by atoms with Gasteiger partial charge in [-0.05, 0) is 50.7 Å². The molecule has 0 bridgehead atoms. The molecule has 1 amide bonds. The molecule has 1 saturated carbocycles. The molecule has 0 unspecified atom stereocenters. The molecule has 1 aromatic carbocycles. The van der Waals surface area contributed by atoms with Crippen molar-refractivity contribution in [1.82, 2.24) is 14.7 Å². The highest BCUT2D eigenvalue weighted by Gasteiger charge is 2.38. The Hall–Kier alpha value is -2.70. The van der Waals surface area contributed by atoms with Crippen molar-refractivity contribution in [3.63, 3.8) is 0 Å². The number of hydrogen-bond acceptors (Lipinski definition) is 3. The van der Waals surface area contributed by atoms with E-state index in [2.05, 4.69) is 5.10 Å². The van der Waals surface area contributed by atoms with Crippen LogP contribution in [-0.4, -0.2) is 44.3 Å². The normalized spacial score (nSPS) is 15.8. The van der Waals surface area contributed by atoms with Crippen LogP contribution in [0, 0.1) is 12.7 Å². The number of benzene rings is 1. The van der Waals surface area contributed by atoms with Gasteiger partial charge in [-0.25, -0.2) is 9.07 Å². The van der Waals surface area contributed by atoms with Crippen molar-refractivity contribution >= 4 is 11.9 Å². The molecular weight excluding hydrogens is 337 g/mol. The maximum absolute atomic E-state index is 14.4. The lowest BCUT2D eigenvalue weighted by atomic mass is 10.1. The quantitative estimate of drug-likeness (QED) is 0.892. The molecule has 2 aliphatic carbocycles. The Morgan fingerprint density at radius 3 is 2.77 bits per heavy atom. The SMILES string of the molecule is Cc1cccc(F)c1-n1nc(C(=O)N(CC(=O)O)C2CC2)c2c1CCC2. The molecule has 2 aliphatic rings. The standard InChI is InChI=1S/C19H20FN3O3/c1-11-4-2-6-14(20)18(11)23-15-7-3-5-13(15)17(21-23)19(26)22(10-16(24)25)12-8-9-12/h2,4,6,12H,3,5,7-10H2,1H3,(H,24,25). The molecule has 1 N–H and O–H groups in total. The smallest absolute Gasteiger partial charge is 0.323 e. The fourth-order valence-electron chi connectivity index (χ4n) is 3.72. The first-order valence-electron chi connectivity index (χ1n) is 8.86. The number of aryl methyl sites for hydroxylation is 1. The Bertz CT molecular complexity index is 881. The van der Waals surface area contributed by atoms with E-state index < -0.39 is 5.97 Å². The molecule has 0 radical (unpaired) electrons. The van der Waals surface area contributed by atoms with Gasteiger partial charge in [-0.2, -0.15) is 5.10 Å². The third kappa shape index (κ3) is 2.77. The van der Waals surface area contributed by atoms with Gasteiger partial charge in [0.05, 0.1) is 0 Å². The molecule has 0 atom stereocenters. The second-order valence-electron chi connectivity index (χ2n) is 7.00. The number of para-hydroxylation sites is 1. The van der Waals surface area contributed by atoms with Gasteiger partial charge >= 0.3 is 5.97 Å². The number of nitrogens with zero attached hydrogens (tertiary/aromatic N) is 3. The zero-order valence-electron chi connectivity index (χ0n) is 14.5. The highest BCUT2D eigenvalue weighted by atomic mass is 19.1. The maximum atomic E-state index is 14.4. The van der Waals surface area contributed by atoms with Gasteiger partial charge in [0.15, 0.2) is 5.69 Å². The minimum Gasteiger partial charge on any atom is -0.480 e. The molecule has 136 valence electrons. The molecule has 7 heteroatoms. The van der Waals surface area contributed by atoms with Crippen LogP contribution in [-0.2, 0) is 17.6 Å². The van der Waals surface area contributed by atoms with Gasteiger partial charge < -0.3 is 10.0 Å². The van der Waals surface area contributed by atoms with Gasteiger partial charge in [-0.1, -0.05) is 12.1 Å². The fourth-order valence-corrected chi connectivity index (χ4v) is 3.72. The summed E-state index contributed by atoms with van der Waals surface area (Å²) >= 11 is 0. The fraction of sp³-hybridized carbons (Fsp3) is 0.421. The molecule has 0 aliphatic heterocycles. The number of aromatic nitrogens is 2. The predicted octanol–water partition coefficient (Wildman–Crippen LogP) is 2.50. The Morgan fingerprint density at radius 1 is 1.35 bits per heavy atom. The van der Waals surface area contributed by atoms with Crippen LogP contribution in [0.1, 0.15) is 46.6 Å². The number of carbonyl (C=O) groups excluding carboxylic acids is 1. The van der Waals surface area contributed by atoms with Crippen LogP contribution >= 0.6 is 0 Å². The van der Waals surface area contributed by atoms with Crippen molar-refractivity contribution in [2.24, 2.45) is 0 Å². The van der Waals surface area contributed by atoms with E-state index in [9.17, 15) is 14.0 Å². The molecule has 1 aromatic heterocycles. The minimum absolute atomic E-state index is 0.0315. The van der Waals surface area contributed by atoms with E-state index in [1.807, 2.05) is 13.0 Å². The molecule has 6 nitrogen and oxygen atoms in total. The summed E-state index contributed by atoms with van der Waals surface area (Å²) in [5.74, 6) is -1.78. The third-order valence-electron chi connectivity index (χ3n) is 5.09. The first kappa shape index (κ1) is 16.8. The summed E-state index contributed by atoms with van der Waals surface area (Å²) in [6.07, 6.45) is 3.94. The number of carboxylic acid groups (broad SMARTS) is 1. The van der Waals surface area contributed by atoms with E-state index in [1.165, 1.54) is 11.0 Å². The molecule has 1 fully saturated rings. The van der Waals surface area contributed by atoms with E-state index in [4.69, 9.17) is 5.11 Å². The summed E-state index contributed by atoms with van der Waals surface area (Å²) in [5, 5.41) is 13.6. The number of amides is 1. The Kier molecular flexibility index (Phi) is 4.01. The van der Waals surface area contributed by atoms with E-state index >= 15 is 0 Å². The number of fused-ring (bicyclic) bond motifs is 1. The Labute approximate surface area is 150 Å². The van der Waals surface area contributed by atoms with Crippen LogP contribution in [0.25, 0.3) is 5.69 Å². The van der Waals surface area contributed by atoms with E-state index in [1.54, 1.807) is 10.7 Å². The van der Waals surface area contributed by atoms with Crippen molar-refractivity contribution in [1.29, 1.82) is 0 Å². The van der Waals surface area contributed by atoms with Gasteiger partial charge in [0.1, 0.15) is 18.0 Å². The van der Waals surface area contributed by atoms with Crippen molar-refractivity contribution in [3.05, 3.63) is 46.5 Å².